The Hall–Kier alpha value is -0.810. The van der Waals surface area contributed by atoms with Gasteiger partial charge in [-0.25, -0.2) is 4.79 Å². The second kappa shape index (κ2) is 6.31. The number of hydrogen-bond acceptors (Lipinski definition) is 4. The summed E-state index contributed by atoms with van der Waals surface area (Å²) in [7, 11) is 0. The summed E-state index contributed by atoms with van der Waals surface area (Å²) >= 11 is 0. The van der Waals surface area contributed by atoms with Crippen molar-refractivity contribution >= 4 is 6.09 Å². The van der Waals surface area contributed by atoms with E-state index in [1.165, 1.54) is 0 Å². The molecule has 5 heteroatoms. The third kappa shape index (κ3) is 4.09. The average Bonchev–Trinajstić information content (AvgIpc) is 2.83. The highest BCUT2D eigenvalue weighted by Gasteiger charge is 2.37. The molecule has 2 rings (SSSR count). The highest BCUT2D eigenvalue weighted by molar-refractivity contribution is 5.69. The maximum absolute atomic E-state index is 12.5. The fourth-order valence-corrected chi connectivity index (χ4v) is 3.03. The van der Waals surface area contributed by atoms with Crippen molar-refractivity contribution in [1.82, 2.24) is 4.90 Å². The molecule has 1 saturated heterocycles. The van der Waals surface area contributed by atoms with Gasteiger partial charge in [-0.3, -0.25) is 4.90 Å². The molecule has 1 saturated carbocycles. The highest BCUT2D eigenvalue weighted by atomic mass is 16.6. The Balaban J connectivity index is 2.06. The monoisotopic (exact) mass is 284 g/mol. The quantitative estimate of drug-likeness (QED) is 0.845. The highest BCUT2D eigenvalue weighted by Crippen LogP contribution is 2.28. The first-order valence-corrected chi connectivity index (χ1v) is 7.71. The number of nitrogens with zero attached hydrogens (tertiary/aromatic N) is 1. The van der Waals surface area contributed by atoms with E-state index in [9.17, 15) is 4.79 Å². The molecule has 1 aliphatic heterocycles. The molecule has 0 aromatic rings. The fraction of sp³-hybridized carbons (Fsp3) is 0.933. The molecule has 0 aromatic heterocycles. The summed E-state index contributed by atoms with van der Waals surface area (Å²) in [5.74, 6) is 0. The van der Waals surface area contributed by atoms with Gasteiger partial charge in [0, 0.05) is 18.7 Å². The van der Waals surface area contributed by atoms with Crippen molar-refractivity contribution in [3.8, 4) is 0 Å². The van der Waals surface area contributed by atoms with Gasteiger partial charge in [-0.2, -0.15) is 0 Å². The maximum Gasteiger partial charge on any atom is 0.410 e. The van der Waals surface area contributed by atoms with Crippen molar-refractivity contribution < 1.29 is 14.3 Å². The Morgan fingerprint density at radius 2 is 1.80 bits per heavy atom. The van der Waals surface area contributed by atoms with Gasteiger partial charge in [0.15, 0.2) is 0 Å². The van der Waals surface area contributed by atoms with E-state index in [2.05, 4.69) is 0 Å². The van der Waals surface area contributed by atoms with Gasteiger partial charge in [-0.15, -0.1) is 0 Å². The molecule has 20 heavy (non-hydrogen) atoms. The zero-order valence-electron chi connectivity index (χ0n) is 12.9. The van der Waals surface area contributed by atoms with E-state index in [1.807, 2.05) is 25.7 Å². The van der Waals surface area contributed by atoms with Crippen LogP contribution in [0.3, 0.4) is 0 Å². The lowest BCUT2D eigenvalue weighted by Crippen LogP contribution is -2.51. The number of carbonyl (C=O) groups excluding carboxylic acids is 1. The number of carbonyl (C=O) groups is 1. The van der Waals surface area contributed by atoms with Crippen molar-refractivity contribution in [3.05, 3.63) is 0 Å². The summed E-state index contributed by atoms with van der Waals surface area (Å²) in [5.41, 5.74) is 5.51. The Bertz CT molecular complexity index is 327. The molecule has 0 spiro atoms. The molecule has 0 radical (unpaired) electrons. The number of ether oxygens (including phenoxy) is 2. The number of hydrogen-bond donors (Lipinski definition) is 1. The molecule has 1 amide bonds. The first-order valence-electron chi connectivity index (χ1n) is 7.71. The van der Waals surface area contributed by atoms with Gasteiger partial charge in [-0.05, 0) is 52.9 Å². The number of nitrogens with two attached hydrogens (primary N) is 1. The van der Waals surface area contributed by atoms with E-state index in [0.717, 1.165) is 38.7 Å². The zero-order valence-corrected chi connectivity index (χ0v) is 12.9. The molecule has 2 fully saturated rings. The van der Waals surface area contributed by atoms with Crippen molar-refractivity contribution in [2.75, 3.05) is 13.2 Å². The van der Waals surface area contributed by atoms with Crippen LogP contribution in [0.1, 0.15) is 52.9 Å². The van der Waals surface area contributed by atoms with E-state index < -0.39 is 5.60 Å². The molecule has 1 heterocycles. The third-order valence-electron chi connectivity index (χ3n) is 4.04. The molecule has 0 bridgehead atoms. The Morgan fingerprint density at radius 1 is 1.15 bits per heavy atom. The lowest BCUT2D eigenvalue weighted by molar-refractivity contribution is -0.00203. The van der Waals surface area contributed by atoms with Crippen molar-refractivity contribution in [2.45, 2.75) is 76.6 Å². The third-order valence-corrected chi connectivity index (χ3v) is 4.04. The molecular weight excluding hydrogens is 256 g/mol. The normalized spacial score (nSPS) is 31.1. The predicted molar refractivity (Wildman–Crippen MR) is 77.5 cm³/mol. The zero-order chi connectivity index (χ0) is 14.8. The van der Waals surface area contributed by atoms with Crippen molar-refractivity contribution in [3.63, 3.8) is 0 Å². The van der Waals surface area contributed by atoms with E-state index in [-0.39, 0.29) is 24.2 Å². The SMILES string of the molecule is CC(C)(C)OC(=O)N(C1CCC(N)CC1)C1CCOC1. The van der Waals surface area contributed by atoms with Crippen LogP contribution >= 0.6 is 0 Å². The van der Waals surface area contributed by atoms with Crippen LogP contribution in [0.5, 0.6) is 0 Å². The number of rotatable bonds is 2. The van der Waals surface area contributed by atoms with Crippen LogP contribution in [0.4, 0.5) is 4.79 Å². The van der Waals surface area contributed by atoms with Gasteiger partial charge in [0.1, 0.15) is 5.60 Å². The molecule has 0 aromatic carbocycles. The van der Waals surface area contributed by atoms with Crippen LogP contribution in [0.15, 0.2) is 0 Å². The number of amides is 1. The standard InChI is InChI=1S/C15H28N2O3/c1-15(2,3)20-14(18)17(13-8-9-19-10-13)12-6-4-11(16)5-7-12/h11-13H,4-10,16H2,1-3H3. The van der Waals surface area contributed by atoms with Crippen molar-refractivity contribution in [1.29, 1.82) is 0 Å². The second-order valence-electron chi connectivity index (χ2n) is 6.97. The fourth-order valence-electron chi connectivity index (χ4n) is 3.03. The topological polar surface area (TPSA) is 64.8 Å². The Labute approximate surface area is 121 Å². The smallest absolute Gasteiger partial charge is 0.410 e. The van der Waals surface area contributed by atoms with Gasteiger partial charge < -0.3 is 15.2 Å². The minimum atomic E-state index is -0.458. The van der Waals surface area contributed by atoms with Gasteiger partial charge in [0.2, 0.25) is 0 Å². The van der Waals surface area contributed by atoms with Crippen molar-refractivity contribution in [2.24, 2.45) is 5.73 Å². The molecule has 5 nitrogen and oxygen atoms in total. The van der Waals surface area contributed by atoms with Crippen LogP contribution in [0.2, 0.25) is 0 Å². The summed E-state index contributed by atoms with van der Waals surface area (Å²) < 4.78 is 11.0. The summed E-state index contributed by atoms with van der Waals surface area (Å²) in [6, 6.07) is 0.687. The van der Waals surface area contributed by atoms with Crippen LogP contribution in [0, 0.1) is 0 Å². The van der Waals surface area contributed by atoms with Gasteiger partial charge in [-0.1, -0.05) is 0 Å². The first-order chi connectivity index (χ1) is 9.37. The van der Waals surface area contributed by atoms with Crippen LogP contribution in [-0.2, 0) is 9.47 Å². The predicted octanol–water partition coefficient (Wildman–Crippen LogP) is 2.28. The largest absolute Gasteiger partial charge is 0.444 e. The summed E-state index contributed by atoms with van der Waals surface area (Å²) in [4.78, 5) is 14.5. The van der Waals surface area contributed by atoms with E-state index in [1.54, 1.807) is 0 Å². The Kier molecular flexibility index (Phi) is 4.91. The first kappa shape index (κ1) is 15.6. The van der Waals surface area contributed by atoms with Crippen LogP contribution in [-0.4, -0.2) is 47.9 Å². The lowest BCUT2D eigenvalue weighted by atomic mass is 9.90. The molecule has 2 aliphatic rings. The van der Waals surface area contributed by atoms with E-state index in [0.29, 0.717) is 6.61 Å². The Morgan fingerprint density at radius 3 is 2.30 bits per heavy atom. The molecule has 1 aliphatic carbocycles. The minimum Gasteiger partial charge on any atom is -0.444 e. The summed E-state index contributed by atoms with van der Waals surface area (Å²) in [6.45, 7) is 7.08. The van der Waals surface area contributed by atoms with Gasteiger partial charge >= 0.3 is 6.09 Å². The maximum atomic E-state index is 12.5. The van der Waals surface area contributed by atoms with Crippen LogP contribution in [0.25, 0.3) is 0 Å². The van der Waals surface area contributed by atoms with E-state index >= 15 is 0 Å². The van der Waals surface area contributed by atoms with Gasteiger partial charge in [0.25, 0.3) is 0 Å². The van der Waals surface area contributed by atoms with Gasteiger partial charge in [0.05, 0.1) is 12.6 Å². The summed E-state index contributed by atoms with van der Waals surface area (Å²) in [5, 5.41) is 0. The molecular formula is C15H28N2O3. The van der Waals surface area contributed by atoms with E-state index in [4.69, 9.17) is 15.2 Å². The lowest BCUT2D eigenvalue weighted by Gasteiger charge is -2.39. The summed E-state index contributed by atoms with van der Waals surface area (Å²) in [6.07, 6.45) is 4.61. The molecule has 116 valence electrons. The molecule has 1 atom stereocenters. The average molecular weight is 284 g/mol. The minimum absolute atomic E-state index is 0.157. The molecule has 2 N–H and O–H groups in total. The molecule has 1 unspecified atom stereocenters. The van der Waals surface area contributed by atoms with Crippen LogP contribution < -0.4 is 5.73 Å². The second-order valence-corrected chi connectivity index (χ2v) is 6.97.